The number of likely N-dealkylation sites (N-methyl/N-ethyl adjacent to an activating group) is 1. The lowest BCUT2D eigenvalue weighted by atomic mass is 10.1. The third-order valence-corrected chi connectivity index (χ3v) is 4.18. The molecule has 1 aliphatic rings. The van der Waals surface area contributed by atoms with E-state index in [-0.39, 0.29) is 18.3 Å². The number of hydrogen-bond donors (Lipinski definition) is 1. The highest BCUT2D eigenvalue weighted by molar-refractivity contribution is 6.03. The maximum absolute atomic E-state index is 12.4. The average molecular weight is 312 g/mol. The zero-order valence-corrected chi connectivity index (χ0v) is 13.1. The first-order valence-corrected chi connectivity index (χ1v) is 7.87. The average Bonchev–Trinajstić information content (AvgIpc) is 2.57. The summed E-state index contributed by atoms with van der Waals surface area (Å²) >= 11 is 0. The van der Waals surface area contributed by atoms with Crippen molar-refractivity contribution in [3.8, 4) is 0 Å². The van der Waals surface area contributed by atoms with Gasteiger partial charge in [-0.3, -0.25) is 14.5 Å². The highest BCUT2D eigenvalue weighted by Crippen LogP contribution is 2.23. The van der Waals surface area contributed by atoms with Gasteiger partial charge >= 0.3 is 5.97 Å². The first-order valence-electron chi connectivity index (χ1n) is 7.87. The van der Waals surface area contributed by atoms with Gasteiger partial charge in [0.2, 0.25) is 5.91 Å². The van der Waals surface area contributed by atoms with E-state index in [9.17, 15) is 9.59 Å². The number of hydrogen-bond acceptors (Lipinski definition) is 4. The molecular formula is C18H20N2O3. The van der Waals surface area contributed by atoms with Gasteiger partial charge in [0.1, 0.15) is 12.6 Å². The zero-order valence-electron chi connectivity index (χ0n) is 13.1. The van der Waals surface area contributed by atoms with Crippen molar-refractivity contribution >= 4 is 28.3 Å². The van der Waals surface area contributed by atoms with E-state index >= 15 is 0 Å². The summed E-state index contributed by atoms with van der Waals surface area (Å²) in [6.45, 7) is 3.78. The number of esters is 1. The molecule has 120 valence electrons. The number of carbonyl (C=O) groups excluding carboxylic acids is 2. The Balaban J connectivity index is 1.74. The molecule has 1 saturated heterocycles. The van der Waals surface area contributed by atoms with Crippen molar-refractivity contribution in [2.24, 2.45) is 0 Å². The van der Waals surface area contributed by atoms with Crippen LogP contribution < -0.4 is 5.32 Å². The Bertz CT molecular complexity index is 724. The topological polar surface area (TPSA) is 58.6 Å². The van der Waals surface area contributed by atoms with E-state index in [4.69, 9.17) is 4.74 Å². The zero-order chi connectivity index (χ0) is 16.2. The monoisotopic (exact) mass is 312 g/mol. The maximum atomic E-state index is 12.4. The molecule has 1 N–H and O–H groups in total. The summed E-state index contributed by atoms with van der Waals surface area (Å²) in [6.07, 6.45) is 0.107. The molecule has 1 fully saturated rings. The lowest BCUT2D eigenvalue weighted by Crippen LogP contribution is -2.50. The van der Waals surface area contributed by atoms with E-state index in [1.807, 2.05) is 54.3 Å². The normalized spacial score (nSPS) is 18.7. The highest BCUT2D eigenvalue weighted by Gasteiger charge is 2.32. The van der Waals surface area contributed by atoms with E-state index in [0.29, 0.717) is 13.2 Å². The molecule has 1 aliphatic heterocycles. The molecule has 0 saturated carbocycles. The summed E-state index contributed by atoms with van der Waals surface area (Å²) in [5.41, 5.74) is 0.764. The summed E-state index contributed by atoms with van der Waals surface area (Å²) in [5, 5.41) is 4.98. The molecule has 23 heavy (non-hydrogen) atoms. The Hall–Kier alpha value is -2.40. The van der Waals surface area contributed by atoms with Crippen LogP contribution >= 0.6 is 0 Å². The van der Waals surface area contributed by atoms with E-state index in [1.165, 1.54) is 0 Å². The molecule has 0 spiro atoms. The summed E-state index contributed by atoms with van der Waals surface area (Å²) in [4.78, 5) is 26.3. The van der Waals surface area contributed by atoms with Crippen LogP contribution in [0.15, 0.2) is 42.5 Å². The molecule has 0 unspecified atom stereocenters. The van der Waals surface area contributed by atoms with Crippen LogP contribution in [0.1, 0.15) is 13.3 Å². The van der Waals surface area contributed by atoms with Gasteiger partial charge in [0.25, 0.3) is 0 Å². The molecule has 2 aromatic carbocycles. The van der Waals surface area contributed by atoms with Crippen LogP contribution in [0.5, 0.6) is 0 Å². The number of cyclic esters (lactones) is 1. The van der Waals surface area contributed by atoms with Crippen LogP contribution in [-0.4, -0.2) is 42.5 Å². The largest absolute Gasteiger partial charge is 0.463 e. The van der Waals surface area contributed by atoms with Crippen molar-refractivity contribution in [1.82, 2.24) is 4.90 Å². The van der Waals surface area contributed by atoms with Crippen molar-refractivity contribution < 1.29 is 14.3 Å². The van der Waals surface area contributed by atoms with Crippen LogP contribution in [0.4, 0.5) is 5.69 Å². The van der Waals surface area contributed by atoms with Crippen molar-refractivity contribution in [3.63, 3.8) is 0 Å². The summed E-state index contributed by atoms with van der Waals surface area (Å²) in [5.74, 6) is -0.491. The SMILES string of the molecule is CCN1CCOC(=O)[C@@H]1CC(=O)Nc1cccc2ccccc12. The predicted octanol–water partition coefficient (Wildman–Crippen LogP) is 2.42. The third-order valence-electron chi connectivity index (χ3n) is 4.18. The number of morpholine rings is 1. The molecule has 3 rings (SSSR count). The smallest absolute Gasteiger partial charge is 0.323 e. The number of nitrogens with one attached hydrogen (secondary N) is 1. The highest BCUT2D eigenvalue weighted by atomic mass is 16.5. The lowest BCUT2D eigenvalue weighted by molar-refractivity contribution is -0.158. The number of anilines is 1. The minimum Gasteiger partial charge on any atom is -0.463 e. The van der Waals surface area contributed by atoms with Gasteiger partial charge in [-0.1, -0.05) is 43.3 Å². The van der Waals surface area contributed by atoms with Crippen LogP contribution in [0.25, 0.3) is 10.8 Å². The second kappa shape index (κ2) is 6.79. The van der Waals surface area contributed by atoms with Gasteiger partial charge in [-0.05, 0) is 18.0 Å². The van der Waals surface area contributed by atoms with Gasteiger partial charge in [-0.2, -0.15) is 0 Å². The van der Waals surface area contributed by atoms with Crippen molar-refractivity contribution in [1.29, 1.82) is 0 Å². The molecule has 1 amide bonds. The molecule has 2 aromatic rings. The second-order valence-corrected chi connectivity index (χ2v) is 5.59. The van der Waals surface area contributed by atoms with Gasteiger partial charge in [0.05, 0.1) is 6.42 Å². The number of amides is 1. The molecule has 5 heteroatoms. The second-order valence-electron chi connectivity index (χ2n) is 5.59. The van der Waals surface area contributed by atoms with Gasteiger partial charge in [0.15, 0.2) is 0 Å². The molecule has 0 aromatic heterocycles. The molecular weight excluding hydrogens is 292 g/mol. The molecule has 5 nitrogen and oxygen atoms in total. The van der Waals surface area contributed by atoms with Gasteiger partial charge in [-0.25, -0.2) is 0 Å². The quantitative estimate of drug-likeness (QED) is 0.881. The van der Waals surface area contributed by atoms with Crippen LogP contribution in [0, 0.1) is 0 Å². The number of fused-ring (bicyclic) bond motifs is 1. The predicted molar refractivity (Wildman–Crippen MR) is 89.2 cm³/mol. The number of carbonyl (C=O) groups is 2. The Labute approximate surface area is 135 Å². The van der Waals surface area contributed by atoms with Crippen LogP contribution in [0.3, 0.4) is 0 Å². The van der Waals surface area contributed by atoms with Crippen LogP contribution in [-0.2, 0) is 14.3 Å². The number of rotatable bonds is 4. The summed E-state index contributed by atoms with van der Waals surface area (Å²) in [6, 6.07) is 13.2. The van der Waals surface area contributed by atoms with Crippen molar-refractivity contribution in [2.45, 2.75) is 19.4 Å². The maximum Gasteiger partial charge on any atom is 0.323 e. The fourth-order valence-electron chi connectivity index (χ4n) is 2.97. The molecule has 1 atom stereocenters. The number of benzene rings is 2. The third kappa shape index (κ3) is 3.35. The number of ether oxygens (including phenoxy) is 1. The molecule has 0 bridgehead atoms. The van der Waals surface area contributed by atoms with Crippen molar-refractivity contribution in [2.75, 3.05) is 25.0 Å². The van der Waals surface area contributed by atoms with E-state index in [1.54, 1.807) is 0 Å². The lowest BCUT2D eigenvalue weighted by Gasteiger charge is -2.32. The Morgan fingerprint density at radius 1 is 1.26 bits per heavy atom. The van der Waals surface area contributed by atoms with E-state index < -0.39 is 6.04 Å². The summed E-state index contributed by atoms with van der Waals surface area (Å²) < 4.78 is 5.08. The Morgan fingerprint density at radius 2 is 2.04 bits per heavy atom. The summed E-state index contributed by atoms with van der Waals surface area (Å²) in [7, 11) is 0. The van der Waals surface area contributed by atoms with Crippen molar-refractivity contribution in [3.05, 3.63) is 42.5 Å². The van der Waals surface area contributed by atoms with Gasteiger partial charge < -0.3 is 10.1 Å². The van der Waals surface area contributed by atoms with Gasteiger partial charge in [0, 0.05) is 17.6 Å². The van der Waals surface area contributed by atoms with E-state index in [0.717, 1.165) is 23.0 Å². The molecule has 1 heterocycles. The fraction of sp³-hybridized carbons (Fsp3) is 0.333. The Kier molecular flexibility index (Phi) is 4.57. The van der Waals surface area contributed by atoms with Crippen LogP contribution in [0.2, 0.25) is 0 Å². The molecule has 0 radical (unpaired) electrons. The van der Waals surface area contributed by atoms with Gasteiger partial charge in [-0.15, -0.1) is 0 Å². The molecule has 0 aliphatic carbocycles. The minimum absolute atomic E-state index is 0.107. The number of nitrogens with zero attached hydrogens (tertiary/aromatic N) is 1. The van der Waals surface area contributed by atoms with E-state index in [2.05, 4.69) is 5.32 Å². The fourth-order valence-corrected chi connectivity index (χ4v) is 2.97. The first kappa shape index (κ1) is 15.5. The Morgan fingerprint density at radius 3 is 2.87 bits per heavy atom. The standard InChI is InChI=1S/C18H20N2O3/c1-2-20-10-11-23-18(22)16(20)12-17(21)19-15-9-5-7-13-6-3-4-8-14(13)15/h3-9,16H,2,10-12H2,1H3,(H,19,21)/t16-/m0/s1. The first-order chi connectivity index (χ1) is 11.2. The minimum atomic E-state index is -0.497.